The molecule has 4 rings (SSSR count). The Bertz CT molecular complexity index is 1410. The number of carbonyl (C=O) groups is 1. The standard InChI is InChI=1S/C26H25N3O4S/c1-18-8-10-20(11-9-18)23-24(21-12-14-22(15-13-21)34(27,31)32)28-29(25(23)26(30)33-2)17-16-19-6-4-3-5-7-19/h3-15H,16-17H2,1-2H3,(H2,27,31,32). The van der Waals surface area contributed by atoms with Gasteiger partial charge in [-0.05, 0) is 36.6 Å². The number of primary sulfonamides is 1. The van der Waals surface area contributed by atoms with Gasteiger partial charge in [0.25, 0.3) is 0 Å². The highest BCUT2D eigenvalue weighted by Crippen LogP contribution is 2.36. The van der Waals surface area contributed by atoms with Gasteiger partial charge in [0.1, 0.15) is 5.69 Å². The fourth-order valence-corrected chi connectivity index (χ4v) is 4.32. The molecule has 0 atom stereocenters. The first kappa shape index (κ1) is 23.4. The molecular weight excluding hydrogens is 450 g/mol. The van der Waals surface area contributed by atoms with Crippen LogP contribution in [0.5, 0.6) is 0 Å². The molecule has 8 heteroatoms. The summed E-state index contributed by atoms with van der Waals surface area (Å²) in [6, 6.07) is 23.9. The van der Waals surface area contributed by atoms with Gasteiger partial charge < -0.3 is 4.74 Å². The summed E-state index contributed by atoms with van der Waals surface area (Å²) in [5.41, 5.74) is 5.19. The van der Waals surface area contributed by atoms with Crippen LogP contribution in [-0.2, 0) is 27.7 Å². The molecule has 0 saturated carbocycles. The van der Waals surface area contributed by atoms with Crippen LogP contribution in [0.3, 0.4) is 0 Å². The zero-order chi connectivity index (χ0) is 24.3. The minimum atomic E-state index is -3.83. The lowest BCUT2D eigenvalue weighted by Crippen LogP contribution is -2.14. The molecule has 34 heavy (non-hydrogen) atoms. The van der Waals surface area contributed by atoms with E-state index < -0.39 is 16.0 Å². The number of ether oxygens (including phenoxy) is 1. The van der Waals surface area contributed by atoms with Crippen LogP contribution >= 0.6 is 0 Å². The van der Waals surface area contributed by atoms with E-state index in [4.69, 9.17) is 15.0 Å². The normalized spacial score (nSPS) is 11.4. The van der Waals surface area contributed by atoms with Gasteiger partial charge in [0.2, 0.25) is 10.0 Å². The Morgan fingerprint density at radius 1 is 0.941 bits per heavy atom. The van der Waals surface area contributed by atoms with Crippen molar-refractivity contribution in [3.8, 4) is 22.4 Å². The quantitative estimate of drug-likeness (QED) is 0.403. The van der Waals surface area contributed by atoms with Gasteiger partial charge >= 0.3 is 5.97 Å². The van der Waals surface area contributed by atoms with E-state index >= 15 is 0 Å². The van der Waals surface area contributed by atoms with Crippen LogP contribution in [0.1, 0.15) is 21.6 Å². The number of aromatic nitrogens is 2. The summed E-state index contributed by atoms with van der Waals surface area (Å²) in [6.07, 6.45) is 0.670. The van der Waals surface area contributed by atoms with Crippen molar-refractivity contribution in [2.45, 2.75) is 24.8 Å². The minimum Gasteiger partial charge on any atom is -0.464 e. The zero-order valence-corrected chi connectivity index (χ0v) is 19.7. The predicted octanol–water partition coefficient (Wildman–Crippen LogP) is 4.20. The summed E-state index contributed by atoms with van der Waals surface area (Å²) in [4.78, 5) is 13.0. The molecule has 7 nitrogen and oxygen atoms in total. The summed E-state index contributed by atoms with van der Waals surface area (Å²) < 4.78 is 30.2. The summed E-state index contributed by atoms with van der Waals surface area (Å²) in [7, 11) is -2.48. The van der Waals surface area contributed by atoms with Crippen molar-refractivity contribution in [3.05, 3.63) is 95.7 Å². The van der Waals surface area contributed by atoms with E-state index in [1.807, 2.05) is 61.5 Å². The Balaban J connectivity index is 1.88. The molecular formula is C26H25N3O4S. The van der Waals surface area contributed by atoms with Crippen LogP contribution in [0, 0.1) is 6.92 Å². The number of nitrogens with zero attached hydrogens (tertiary/aromatic N) is 2. The van der Waals surface area contributed by atoms with Crippen molar-refractivity contribution in [1.29, 1.82) is 0 Å². The molecule has 0 aliphatic rings. The smallest absolute Gasteiger partial charge is 0.356 e. The molecule has 174 valence electrons. The van der Waals surface area contributed by atoms with E-state index in [0.717, 1.165) is 16.7 Å². The Morgan fingerprint density at radius 2 is 1.56 bits per heavy atom. The maximum absolute atomic E-state index is 13.0. The number of hydrogen-bond acceptors (Lipinski definition) is 5. The van der Waals surface area contributed by atoms with E-state index in [1.54, 1.807) is 16.8 Å². The minimum absolute atomic E-state index is 0.00448. The highest BCUT2D eigenvalue weighted by molar-refractivity contribution is 7.89. The maximum atomic E-state index is 13.0. The lowest BCUT2D eigenvalue weighted by Gasteiger charge is -2.09. The van der Waals surface area contributed by atoms with Gasteiger partial charge in [-0.2, -0.15) is 5.10 Å². The van der Waals surface area contributed by atoms with E-state index in [-0.39, 0.29) is 4.90 Å². The first-order valence-electron chi connectivity index (χ1n) is 10.7. The van der Waals surface area contributed by atoms with Gasteiger partial charge in [-0.15, -0.1) is 0 Å². The summed E-state index contributed by atoms with van der Waals surface area (Å²) >= 11 is 0. The lowest BCUT2D eigenvalue weighted by molar-refractivity contribution is 0.0587. The number of carbonyl (C=O) groups excluding carboxylic acids is 1. The molecule has 0 aliphatic heterocycles. The summed E-state index contributed by atoms with van der Waals surface area (Å²) in [5, 5.41) is 10.0. The average Bonchev–Trinajstić information content (AvgIpc) is 3.22. The number of benzene rings is 3. The molecule has 1 heterocycles. The van der Waals surface area contributed by atoms with Crippen molar-refractivity contribution in [2.75, 3.05) is 7.11 Å². The zero-order valence-electron chi connectivity index (χ0n) is 18.9. The van der Waals surface area contributed by atoms with Crippen LogP contribution in [0.25, 0.3) is 22.4 Å². The van der Waals surface area contributed by atoms with Gasteiger partial charge in [-0.25, -0.2) is 18.4 Å². The molecule has 0 saturated heterocycles. The Morgan fingerprint density at radius 3 is 2.15 bits per heavy atom. The van der Waals surface area contributed by atoms with Crippen molar-refractivity contribution < 1.29 is 17.9 Å². The van der Waals surface area contributed by atoms with Gasteiger partial charge in [0, 0.05) is 17.7 Å². The molecule has 0 unspecified atom stereocenters. The summed E-state index contributed by atoms with van der Waals surface area (Å²) in [6.45, 7) is 2.45. The molecule has 3 aromatic carbocycles. The van der Waals surface area contributed by atoms with Crippen molar-refractivity contribution in [1.82, 2.24) is 9.78 Å². The Labute approximate surface area is 198 Å². The Hall–Kier alpha value is -3.75. The largest absolute Gasteiger partial charge is 0.464 e. The van der Waals surface area contributed by atoms with Crippen LogP contribution in [0.15, 0.2) is 83.8 Å². The van der Waals surface area contributed by atoms with E-state index in [0.29, 0.717) is 35.5 Å². The maximum Gasteiger partial charge on any atom is 0.356 e. The third kappa shape index (κ3) is 4.93. The van der Waals surface area contributed by atoms with Crippen LogP contribution in [0.4, 0.5) is 0 Å². The molecule has 0 spiro atoms. The lowest BCUT2D eigenvalue weighted by atomic mass is 9.98. The third-order valence-corrected chi connectivity index (χ3v) is 6.51. The molecule has 0 aliphatic carbocycles. The predicted molar refractivity (Wildman–Crippen MR) is 131 cm³/mol. The molecule has 1 aromatic heterocycles. The molecule has 0 fully saturated rings. The average molecular weight is 476 g/mol. The van der Waals surface area contributed by atoms with Crippen molar-refractivity contribution in [2.24, 2.45) is 5.14 Å². The van der Waals surface area contributed by atoms with Crippen LogP contribution in [0.2, 0.25) is 0 Å². The first-order chi connectivity index (χ1) is 16.3. The second kappa shape index (κ2) is 9.62. The number of esters is 1. The fraction of sp³-hybridized carbons (Fsp3) is 0.154. The third-order valence-electron chi connectivity index (χ3n) is 5.58. The van der Waals surface area contributed by atoms with Crippen LogP contribution in [-0.4, -0.2) is 31.3 Å². The van der Waals surface area contributed by atoms with Gasteiger partial charge in [-0.1, -0.05) is 72.3 Å². The number of methoxy groups -OCH3 is 1. The van der Waals surface area contributed by atoms with Crippen LogP contribution < -0.4 is 5.14 Å². The number of aryl methyl sites for hydroxylation is 3. The molecule has 0 radical (unpaired) electrons. The second-order valence-electron chi connectivity index (χ2n) is 7.96. The van der Waals surface area contributed by atoms with E-state index in [1.165, 1.54) is 19.2 Å². The van der Waals surface area contributed by atoms with Crippen molar-refractivity contribution >= 4 is 16.0 Å². The SMILES string of the molecule is COC(=O)c1c(-c2ccc(C)cc2)c(-c2ccc(S(N)(=O)=O)cc2)nn1CCc1ccccc1. The van der Waals surface area contributed by atoms with Gasteiger partial charge in [-0.3, -0.25) is 4.68 Å². The number of rotatable bonds is 7. The molecule has 2 N–H and O–H groups in total. The monoisotopic (exact) mass is 475 g/mol. The highest BCUT2D eigenvalue weighted by atomic mass is 32.2. The molecule has 4 aromatic rings. The second-order valence-corrected chi connectivity index (χ2v) is 9.52. The number of sulfonamides is 1. The highest BCUT2D eigenvalue weighted by Gasteiger charge is 2.26. The van der Waals surface area contributed by atoms with Gasteiger partial charge in [0.15, 0.2) is 5.69 Å². The fourth-order valence-electron chi connectivity index (χ4n) is 3.81. The van der Waals surface area contributed by atoms with E-state index in [2.05, 4.69) is 0 Å². The number of hydrogen-bond donors (Lipinski definition) is 1. The Kier molecular flexibility index (Phi) is 6.63. The summed E-state index contributed by atoms with van der Waals surface area (Å²) in [5.74, 6) is -0.497. The van der Waals surface area contributed by atoms with Gasteiger partial charge in [0.05, 0.1) is 12.0 Å². The van der Waals surface area contributed by atoms with E-state index in [9.17, 15) is 13.2 Å². The number of nitrogens with two attached hydrogens (primary N) is 1. The molecule has 0 amide bonds. The first-order valence-corrected chi connectivity index (χ1v) is 12.3. The van der Waals surface area contributed by atoms with Crippen molar-refractivity contribution in [3.63, 3.8) is 0 Å². The topological polar surface area (TPSA) is 104 Å². The molecule has 0 bridgehead atoms.